The van der Waals surface area contributed by atoms with Gasteiger partial charge in [-0.1, -0.05) is 6.07 Å². The molecule has 0 bridgehead atoms. The molecular formula is C21H14F4N4O3. The van der Waals surface area contributed by atoms with Gasteiger partial charge in [0.05, 0.1) is 11.1 Å². The molecule has 0 amide bonds. The van der Waals surface area contributed by atoms with Gasteiger partial charge in [-0.15, -0.1) is 0 Å². The van der Waals surface area contributed by atoms with E-state index in [1.54, 1.807) is 12.1 Å². The minimum absolute atomic E-state index is 0.00548. The van der Waals surface area contributed by atoms with E-state index >= 15 is 0 Å². The molecule has 0 saturated heterocycles. The van der Waals surface area contributed by atoms with Gasteiger partial charge in [0.2, 0.25) is 5.88 Å². The third-order valence-electron chi connectivity index (χ3n) is 4.65. The lowest BCUT2D eigenvalue weighted by molar-refractivity contribution is -0.140. The van der Waals surface area contributed by atoms with E-state index < -0.39 is 23.2 Å². The second-order valence-corrected chi connectivity index (χ2v) is 6.81. The van der Waals surface area contributed by atoms with Crippen molar-refractivity contribution in [3.63, 3.8) is 0 Å². The highest BCUT2D eigenvalue weighted by molar-refractivity contribution is 5.48. The Morgan fingerprint density at radius 2 is 2.00 bits per heavy atom. The number of rotatable bonds is 5. The number of alkyl halides is 3. The van der Waals surface area contributed by atoms with Crippen molar-refractivity contribution < 1.29 is 27.0 Å². The molecule has 11 heteroatoms. The first kappa shape index (κ1) is 21.2. The molecule has 164 valence electrons. The number of nitriles is 1. The van der Waals surface area contributed by atoms with Crippen molar-refractivity contribution >= 4 is 5.82 Å². The van der Waals surface area contributed by atoms with Crippen molar-refractivity contribution in [1.29, 1.82) is 5.26 Å². The highest BCUT2D eigenvalue weighted by Gasteiger charge is 2.34. The van der Waals surface area contributed by atoms with Crippen LogP contribution < -0.4 is 20.5 Å². The maximum absolute atomic E-state index is 13.5. The van der Waals surface area contributed by atoms with E-state index in [0.717, 1.165) is 6.07 Å². The molecule has 1 aliphatic rings. The van der Waals surface area contributed by atoms with Crippen LogP contribution in [0, 0.1) is 17.1 Å². The predicted octanol–water partition coefficient (Wildman–Crippen LogP) is 4.07. The fraction of sp³-hybridized carbons (Fsp3) is 0.190. The molecule has 7 nitrogen and oxygen atoms in total. The second kappa shape index (κ2) is 8.22. The summed E-state index contributed by atoms with van der Waals surface area (Å²) in [5, 5.41) is 12.4. The Balaban J connectivity index is 1.51. The maximum atomic E-state index is 13.5. The Kier molecular flexibility index (Phi) is 5.44. The molecule has 0 atom stereocenters. The monoisotopic (exact) mass is 446 g/mol. The van der Waals surface area contributed by atoms with Gasteiger partial charge < -0.3 is 14.8 Å². The fourth-order valence-corrected chi connectivity index (χ4v) is 3.13. The number of hydrogen-bond donors (Lipinski definition) is 1. The van der Waals surface area contributed by atoms with Gasteiger partial charge in [0.25, 0.3) is 0 Å². The Bertz CT molecular complexity index is 1280. The number of aromatic nitrogens is 2. The van der Waals surface area contributed by atoms with Gasteiger partial charge in [-0.05, 0) is 35.9 Å². The highest BCUT2D eigenvalue weighted by atomic mass is 19.4. The molecule has 32 heavy (non-hydrogen) atoms. The van der Waals surface area contributed by atoms with E-state index in [9.17, 15) is 27.6 Å². The zero-order valence-corrected chi connectivity index (χ0v) is 16.2. The minimum atomic E-state index is -4.88. The van der Waals surface area contributed by atoms with Crippen molar-refractivity contribution in [3.05, 3.63) is 75.5 Å². The molecule has 2 heterocycles. The predicted molar refractivity (Wildman–Crippen MR) is 104 cm³/mol. The van der Waals surface area contributed by atoms with Crippen LogP contribution in [0.1, 0.15) is 16.7 Å². The molecule has 1 aromatic heterocycles. The van der Waals surface area contributed by atoms with Gasteiger partial charge in [0, 0.05) is 19.2 Å². The number of fused-ring (bicyclic) bond motifs is 1. The number of nitrogens with one attached hydrogen (secondary N) is 1. The highest BCUT2D eigenvalue weighted by Crippen LogP contribution is 2.35. The molecule has 0 radical (unpaired) electrons. The van der Waals surface area contributed by atoms with Gasteiger partial charge in [0.15, 0.2) is 0 Å². The SMILES string of the molecule is N#Cc1cc(COc2cc3n(c(=O)n2)CCN3)ccc1Oc1ccc(F)c(C(F)(F)F)c1. The lowest BCUT2D eigenvalue weighted by Gasteiger charge is -2.13. The van der Waals surface area contributed by atoms with Crippen molar-refractivity contribution in [2.45, 2.75) is 19.3 Å². The summed E-state index contributed by atoms with van der Waals surface area (Å²) >= 11 is 0. The van der Waals surface area contributed by atoms with Crippen LogP contribution in [0.4, 0.5) is 23.4 Å². The van der Waals surface area contributed by atoms with Crippen molar-refractivity contribution in [1.82, 2.24) is 9.55 Å². The topological polar surface area (TPSA) is 89.2 Å². The summed E-state index contributed by atoms with van der Waals surface area (Å²) in [7, 11) is 0. The zero-order chi connectivity index (χ0) is 22.9. The normalized spacial score (nSPS) is 12.6. The van der Waals surface area contributed by atoms with Crippen molar-refractivity contribution in [2.75, 3.05) is 11.9 Å². The summed E-state index contributed by atoms with van der Waals surface area (Å²) in [4.78, 5) is 15.8. The molecule has 0 unspecified atom stereocenters. The van der Waals surface area contributed by atoms with Gasteiger partial charge in [-0.25, -0.2) is 9.18 Å². The number of ether oxygens (including phenoxy) is 2. The van der Waals surface area contributed by atoms with Crippen LogP contribution in [-0.4, -0.2) is 16.1 Å². The Labute approximate surface area is 178 Å². The first-order valence-corrected chi connectivity index (χ1v) is 9.31. The first-order valence-electron chi connectivity index (χ1n) is 9.31. The number of nitrogens with zero attached hydrogens (tertiary/aromatic N) is 3. The molecule has 0 aliphatic carbocycles. The second-order valence-electron chi connectivity index (χ2n) is 6.81. The van der Waals surface area contributed by atoms with Crippen LogP contribution in [0.25, 0.3) is 0 Å². The van der Waals surface area contributed by atoms with Crippen molar-refractivity contribution in [3.8, 4) is 23.4 Å². The zero-order valence-electron chi connectivity index (χ0n) is 16.2. The average molecular weight is 446 g/mol. The summed E-state index contributed by atoms with van der Waals surface area (Å²) in [6.45, 7) is 1.12. The molecule has 2 aromatic carbocycles. The standard InChI is InChI=1S/C21H14F4N4O3/c22-16-3-2-14(8-15(16)21(23,24)25)32-17-4-1-12(7-13(17)10-26)11-31-19-9-18-27-5-6-29(18)20(30)28-19/h1-4,7-9,27H,5-6,11H2. The van der Waals surface area contributed by atoms with Gasteiger partial charge in [-0.2, -0.15) is 23.4 Å². The van der Waals surface area contributed by atoms with Crippen LogP contribution in [0.5, 0.6) is 17.4 Å². The van der Waals surface area contributed by atoms with Crippen molar-refractivity contribution in [2.24, 2.45) is 0 Å². The van der Waals surface area contributed by atoms with Gasteiger partial charge in [0.1, 0.15) is 35.8 Å². The molecule has 0 fully saturated rings. The van der Waals surface area contributed by atoms with E-state index in [1.807, 2.05) is 6.07 Å². The van der Waals surface area contributed by atoms with E-state index in [2.05, 4.69) is 10.3 Å². The third kappa shape index (κ3) is 4.34. The summed E-state index contributed by atoms with van der Waals surface area (Å²) in [5.41, 5.74) is -1.33. The van der Waals surface area contributed by atoms with Crippen LogP contribution in [0.2, 0.25) is 0 Å². The smallest absolute Gasteiger partial charge is 0.419 e. The third-order valence-corrected chi connectivity index (χ3v) is 4.65. The summed E-state index contributed by atoms with van der Waals surface area (Å²) < 4.78 is 64.5. The van der Waals surface area contributed by atoms with E-state index in [1.165, 1.54) is 16.7 Å². The van der Waals surface area contributed by atoms with Gasteiger partial charge in [-0.3, -0.25) is 4.57 Å². The molecule has 4 rings (SSSR count). The maximum Gasteiger partial charge on any atom is 0.419 e. The van der Waals surface area contributed by atoms with E-state index in [-0.39, 0.29) is 29.5 Å². The lowest BCUT2D eigenvalue weighted by Crippen LogP contribution is -2.21. The Hall–Kier alpha value is -4.07. The largest absolute Gasteiger partial charge is 0.473 e. The quantitative estimate of drug-likeness (QED) is 0.595. The van der Waals surface area contributed by atoms with Crippen LogP contribution in [-0.2, 0) is 19.3 Å². The van der Waals surface area contributed by atoms with Crippen LogP contribution >= 0.6 is 0 Å². The molecule has 1 aliphatic heterocycles. The number of hydrogen-bond acceptors (Lipinski definition) is 6. The molecule has 3 aromatic rings. The Morgan fingerprint density at radius 3 is 2.75 bits per heavy atom. The van der Waals surface area contributed by atoms with Gasteiger partial charge >= 0.3 is 11.9 Å². The molecule has 0 spiro atoms. The van der Waals surface area contributed by atoms with E-state index in [0.29, 0.717) is 36.6 Å². The first-order chi connectivity index (χ1) is 15.2. The number of halogens is 4. The van der Waals surface area contributed by atoms with Crippen LogP contribution in [0.3, 0.4) is 0 Å². The molecule has 1 N–H and O–H groups in total. The summed E-state index contributed by atoms with van der Waals surface area (Å²) in [5.74, 6) is -0.990. The lowest BCUT2D eigenvalue weighted by atomic mass is 10.1. The summed E-state index contributed by atoms with van der Waals surface area (Å²) in [6, 6.07) is 10.1. The fourth-order valence-electron chi connectivity index (χ4n) is 3.13. The number of anilines is 1. The van der Waals surface area contributed by atoms with E-state index in [4.69, 9.17) is 9.47 Å². The Morgan fingerprint density at radius 1 is 1.19 bits per heavy atom. The van der Waals surface area contributed by atoms with Crippen LogP contribution in [0.15, 0.2) is 47.3 Å². The minimum Gasteiger partial charge on any atom is -0.473 e. The average Bonchev–Trinajstić information content (AvgIpc) is 3.23. The molecule has 0 saturated carbocycles. The molecular weight excluding hydrogens is 432 g/mol. The summed E-state index contributed by atoms with van der Waals surface area (Å²) in [6.07, 6.45) is -4.88. The number of benzene rings is 2.